The number of hydrogen-bond donors (Lipinski definition) is 1. The Labute approximate surface area is 167 Å². The maximum atomic E-state index is 12.4. The number of nitrogens with one attached hydrogen (secondary N) is 1. The molecule has 0 radical (unpaired) electrons. The summed E-state index contributed by atoms with van der Waals surface area (Å²) in [6.07, 6.45) is 0. The number of nitro groups is 1. The van der Waals surface area contributed by atoms with Crippen LogP contribution in [0.25, 0.3) is 0 Å². The largest absolute Gasteiger partial charge is 0.493 e. The Morgan fingerprint density at radius 2 is 1.86 bits per heavy atom. The number of methoxy groups -OCH3 is 1. The molecule has 29 heavy (non-hydrogen) atoms. The molecule has 154 valence electrons. The molecule has 2 aromatic carbocycles. The molecule has 1 N–H and O–H groups in total. The molecule has 9 heteroatoms. The van der Waals surface area contributed by atoms with Crippen molar-refractivity contribution in [2.45, 2.75) is 19.9 Å². The Kier molecular flexibility index (Phi) is 7.53. The summed E-state index contributed by atoms with van der Waals surface area (Å²) in [5, 5.41) is 14.0. The van der Waals surface area contributed by atoms with Gasteiger partial charge in [0.25, 0.3) is 11.6 Å². The first kappa shape index (κ1) is 21.7. The lowest BCUT2D eigenvalue weighted by atomic mass is 10.1. The van der Waals surface area contributed by atoms with Gasteiger partial charge in [0, 0.05) is 6.07 Å². The van der Waals surface area contributed by atoms with E-state index < -0.39 is 29.1 Å². The third-order valence-corrected chi connectivity index (χ3v) is 4.01. The molecule has 0 bridgehead atoms. The summed E-state index contributed by atoms with van der Waals surface area (Å²) in [5.41, 5.74) is 0.0515. The second-order valence-corrected chi connectivity index (χ2v) is 5.99. The smallest absolute Gasteiger partial charge is 0.345 e. The minimum Gasteiger partial charge on any atom is -0.493 e. The average Bonchev–Trinajstić information content (AvgIpc) is 2.72. The van der Waals surface area contributed by atoms with E-state index in [0.717, 1.165) is 17.7 Å². The number of hydrogen-bond acceptors (Lipinski definition) is 7. The number of rotatable bonds is 9. The normalized spacial score (nSPS) is 11.3. The number of esters is 1. The Bertz CT molecular complexity index is 884. The van der Waals surface area contributed by atoms with E-state index in [9.17, 15) is 19.7 Å². The highest BCUT2D eigenvalue weighted by molar-refractivity contribution is 5.96. The topological polar surface area (TPSA) is 117 Å². The van der Waals surface area contributed by atoms with E-state index in [1.807, 2.05) is 30.3 Å². The van der Waals surface area contributed by atoms with Gasteiger partial charge >= 0.3 is 5.97 Å². The van der Waals surface area contributed by atoms with Gasteiger partial charge in [-0.2, -0.15) is 0 Å². The first-order valence-electron chi connectivity index (χ1n) is 8.88. The number of benzene rings is 2. The van der Waals surface area contributed by atoms with E-state index in [1.165, 1.54) is 7.11 Å². The predicted molar refractivity (Wildman–Crippen MR) is 104 cm³/mol. The van der Waals surface area contributed by atoms with Crippen molar-refractivity contribution >= 4 is 17.6 Å². The Balaban J connectivity index is 2.09. The van der Waals surface area contributed by atoms with Gasteiger partial charge in [-0.1, -0.05) is 30.3 Å². The third kappa shape index (κ3) is 5.68. The van der Waals surface area contributed by atoms with E-state index in [2.05, 4.69) is 5.32 Å². The molecule has 0 aliphatic heterocycles. The minimum atomic E-state index is -1.01. The van der Waals surface area contributed by atoms with Crippen LogP contribution < -0.4 is 14.8 Å². The summed E-state index contributed by atoms with van der Waals surface area (Å²) in [6.45, 7) is 3.18. The van der Waals surface area contributed by atoms with E-state index in [4.69, 9.17) is 14.2 Å². The van der Waals surface area contributed by atoms with Crippen LogP contribution in [-0.4, -0.2) is 37.1 Å². The van der Waals surface area contributed by atoms with Crippen LogP contribution in [0.1, 0.15) is 35.8 Å². The third-order valence-electron chi connectivity index (χ3n) is 4.01. The fourth-order valence-corrected chi connectivity index (χ4v) is 2.61. The maximum Gasteiger partial charge on any atom is 0.345 e. The molecule has 0 unspecified atom stereocenters. The second-order valence-electron chi connectivity index (χ2n) is 5.99. The van der Waals surface area contributed by atoms with Gasteiger partial charge in [-0.15, -0.1) is 0 Å². The van der Waals surface area contributed by atoms with Crippen molar-refractivity contribution < 1.29 is 28.7 Å². The van der Waals surface area contributed by atoms with Gasteiger partial charge in [0.15, 0.2) is 18.1 Å². The second kappa shape index (κ2) is 10.1. The zero-order valence-electron chi connectivity index (χ0n) is 16.3. The van der Waals surface area contributed by atoms with E-state index in [0.29, 0.717) is 0 Å². The maximum absolute atomic E-state index is 12.4. The molecule has 0 aliphatic rings. The van der Waals surface area contributed by atoms with E-state index in [-0.39, 0.29) is 29.7 Å². The van der Waals surface area contributed by atoms with Gasteiger partial charge < -0.3 is 19.5 Å². The molecular weight excluding hydrogens is 380 g/mol. The number of nitrogens with zero attached hydrogens (tertiary/aromatic N) is 1. The van der Waals surface area contributed by atoms with E-state index in [1.54, 1.807) is 13.8 Å². The van der Waals surface area contributed by atoms with Crippen molar-refractivity contribution in [1.82, 2.24) is 5.32 Å². The van der Waals surface area contributed by atoms with Crippen LogP contribution in [0.4, 0.5) is 5.69 Å². The Hall–Kier alpha value is -3.62. The summed E-state index contributed by atoms with van der Waals surface area (Å²) in [4.78, 5) is 35.1. The van der Waals surface area contributed by atoms with Gasteiger partial charge in [0.1, 0.15) is 5.56 Å². The number of amides is 1. The highest BCUT2D eigenvalue weighted by atomic mass is 16.6. The van der Waals surface area contributed by atoms with Crippen molar-refractivity contribution in [1.29, 1.82) is 0 Å². The monoisotopic (exact) mass is 402 g/mol. The summed E-state index contributed by atoms with van der Waals surface area (Å²) < 4.78 is 15.4. The Morgan fingerprint density at radius 1 is 1.17 bits per heavy atom. The summed E-state index contributed by atoms with van der Waals surface area (Å²) in [5.74, 6) is -1.27. The van der Waals surface area contributed by atoms with E-state index >= 15 is 0 Å². The van der Waals surface area contributed by atoms with Crippen molar-refractivity contribution in [2.75, 3.05) is 20.3 Å². The molecule has 0 aromatic heterocycles. The van der Waals surface area contributed by atoms with Gasteiger partial charge in [-0.05, 0) is 19.4 Å². The molecule has 0 aliphatic carbocycles. The zero-order valence-corrected chi connectivity index (χ0v) is 16.3. The van der Waals surface area contributed by atoms with Crippen LogP contribution in [0.5, 0.6) is 11.5 Å². The van der Waals surface area contributed by atoms with Crippen molar-refractivity contribution in [3.8, 4) is 11.5 Å². The minimum absolute atomic E-state index is 0.132. The highest BCUT2D eigenvalue weighted by Gasteiger charge is 2.26. The van der Waals surface area contributed by atoms with Gasteiger partial charge in [0.05, 0.1) is 30.7 Å². The SMILES string of the molecule is CCOc1cc([N+](=O)[O-])c(C(=O)OCC(=O)N[C@H](C)c2ccccc2)cc1OC. The quantitative estimate of drug-likeness (QED) is 0.389. The fourth-order valence-electron chi connectivity index (χ4n) is 2.61. The molecule has 0 saturated heterocycles. The van der Waals surface area contributed by atoms with Crippen LogP contribution in [0.3, 0.4) is 0 Å². The average molecular weight is 402 g/mol. The molecular formula is C20H22N2O7. The molecule has 2 rings (SSSR count). The van der Waals surface area contributed by atoms with Crippen molar-refractivity contribution in [3.63, 3.8) is 0 Å². The molecule has 1 amide bonds. The molecule has 0 saturated carbocycles. The van der Waals surface area contributed by atoms with Crippen LogP contribution in [-0.2, 0) is 9.53 Å². The molecule has 9 nitrogen and oxygen atoms in total. The number of nitro benzene ring substituents is 1. The lowest BCUT2D eigenvalue weighted by Crippen LogP contribution is -2.31. The lowest BCUT2D eigenvalue weighted by molar-refractivity contribution is -0.385. The van der Waals surface area contributed by atoms with Crippen LogP contribution in [0.15, 0.2) is 42.5 Å². The molecule has 0 heterocycles. The molecule has 0 fully saturated rings. The number of carbonyl (C=O) groups is 2. The predicted octanol–water partition coefficient (Wildman–Crippen LogP) is 3.04. The molecule has 0 spiro atoms. The fraction of sp³-hybridized carbons (Fsp3) is 0.300. The summed E-state index contributed by atoms with van der Waals surface area (Å²) in [7, 11) is 1.34. The highest BCUT2D eigenvalue weighted by Crippen LogP contribution is 2.35. The van der Waals surface area contributed by atoms with Crippen LogP contribution in [0.2, 0.25) is 0 Å². The molecule has 1 atom stereocenters. The van der Waals surface area contributed by atoms with Gasteiger partial charge in [-0.25, -0.2) is 4.79 Å². The summed E-state index contributed by atoms with van der Waals surface area (Å²) >= 11 is 0. The van der Waals surface area contributed by atoms with Crippen molar-refractivity contribution in [3.05, 3.63) is 63.7 Å². The first-order valence-corrected chi connectivity index (χ1v) is 8.88. The number of ether oxygens (including phenoxy) is 3. The van der Waals surface area contributed by atoms with Crippen LogP contribution in [0, 0.1) is 10.1 Å². The first-order chi connectivity index (χ1) is 13.9. The standard InChI is InChI=1S/C20H22N2O7/c1-4-28-18-11-16(22(25)26)15(10-17(18)27-3)20(24)29-12-19(23)21-13(2)14-8-6-5-7-9-14/h5-11,13H,4,12H2,1-3H3,(H,21,23)/t13-/m1/s1. The van der Waals surface area contributed by atoms with Crippen molar-refractivity contribution in [2.24, 2.45) is 0 Å². The van der Waals surface area contributed by atoms with Gasteiger partial charge in [0.2, 0.25) is 0 Å². The Morgan fingerprint density at radius 3 is 2.45 bits per heavy atom. The zero-order chi connectivity index (χ0) is 21.4. The molecule has 2 aromatic rings. The van der Waals surface area contributed by atoms with Crippen LogP contribution >= 0.6 is 0 Å². The summed E-state index contributed by atoms with van der Waals surface area (Å²) in [6, 6.07) is 11.2. The lowest BCUT2D eigenvalue weighted by Gasteiger charge is -2.14. The number of carbonyl (C=O) groups excluding carboxylic acids is 2. The van der Waals surface area contributed by atoms with Gasteiger partial charge in [-0.3, -0.25) is 14.9 Å².